The fourth-order valence-corrected chi connectivity index (χ4v) is 4.44. The van der Waals surface area contributed by atoms with Gasteiger partial charge in [0.2, 0.25) is 5.91 Å². The molecular weight excluding hydrogens is 433 g/mol. The Morgan fingerprint density at radius 3 is 2.53 bits per heavy atom. The zero-order valence-corrected chi connectivity index (χ0v) is 18.8. The summed E-state index contributed by atoms with van der Waals surface area (Å²) in [6.07, 6.45) is 1.85. The lowest BCUT2D eigenvalue weighted by atomic mass is 9.88. The predicted octanol–water partition coefficient (Wildman–Crippen LogP) is 2.69. The van der Waals surface area contributed by atoms with E-state index in [9.17, 15) is 18.8 Å². The lowest BCUT2D eigenvalue weighted by molar-refractivity contribution is -0.124. The molecule has 2 N–H and O–H groups in total. The zero-order valence-electron chi connectivity index (χ0n) is 18.0. The smallest absolute Gasteiger partial charge is 0.263 e. The predicted molar refractivity (Wildman–Crippen MR) is 120 cm³/mol. The molecule has 2 aromatic rings. The summed E-state index contributed by atoms with van der Waals surface area (Å²) in [4.78, 5) is 40.7. The number of carbonyl (C=O) groups is 3. The first-order valence-corrected chi connectivity index (χ1v) is 11.5. The molecule has 0 saturated carbocycles. The summed E-state index contributed by atoms with van der Waals surface area (Å²) in [6.45, 7) is 1.99. The van der Waals surface area contributed by atoms with E-state index in [2.05, 4.69) is 10.6 Å². The Kier molecular flexibility index (Phi) is 8.75. The molecule has 1 unspecified atom stereocenters. The molecule has 1 saturated heterocycles. The Hall–Kier alpha value is -2.78. The molecule has 3 amide bonds. The van der Waals surface area contributed by atoms with Gasteiger partial charge >= 0.3 is 0 Å². The molecule has 9 heteroatoms. The first kappa shape index (κ1) is 23.9. The molecule has 2 heterocycles. The van der Waals surface area contributed by atoms with Crippen molar-refractivity contribution in [3.05, 3.63) is 58.0 Å². The molecule has 1 aliphatic rings. The van der Waals surface area contributed by atoms with Crippen molar-refractivity contribution in [1.29, 1.82) is 0 Å². The van der Waals surface area contributed by atoms with Crippen molar-refractivity contribution in [3.8, 4) is 0 Å². The normalized spacial score (nSPS) is 15.2. The number of benzene rings is 1. The molecule has 0 radical (unpaired) electrons. The topological polar surface area (TPSA) is 87.7 Å². The van der Waals surface area contributed by atoms with Crippen LogP contribution in [-0.2, 0) is 9.53 Å². The van der Waals surface area contributed by atoms with Crippen LogP contribution in [0.3, 0.4) is 0 Å². The van der Waals surface area contributed by atoms with Crippen LogP contribution in [0.4, 0.5) is 4.39 Å². The van der Waals surface area contributed by atoms with E-state index in [4.69, 9.17) is 4.74 Å². The standard InChI is InChI=1S/C23H28FN3O4S/c1-31-14-3-11-25-22(29)20(26-21(28)17-5-7-18(24)8-6-17)16-9-12-27(13-10-16)23(30)19-4-2-15-32-19/h2,4-8,15-16,20H,3,9-14H2,1H3,(H,25,29)(H,26,28). The van der Waals surface area contributed by atoms with Crippen molar-refractivity contribution in [2.45, 2.75) is 25.3 Å². The Bertz CT molecular complexity index is 896. The molecule has 1 atom stereocenters. The Balaban J connectivity index is 1.65. The van der Waals surface area contributed by atoms with Crippen LogP contribution in [0.5, 0.6) is 0 Å². The maximum absolute atomic E-state index is 13.2. The molecule has 3 rings (SSSR count). The minimum Gasteiger partial charge on any atom is -0.385 e. The largest absolute Gasteiger partial charge is 0.385 e. The van der Waals surface area contributed by atoms with Crippen molar-refractivity contribution >= 4 is 29.1 Å². The lowest BCUT2D eigenvalue weighted by Crippen LogP contribution is -2.54. The number of piperidine rings is 1. The molecule has 172 valence electrons. The second kappa shape index (κ2) is 11.7. The highest BCUT2D eigenvalue weighted by molar-refractivity contribution is 7.12. The molecule has 0 bridgehead atoms. The fraction of sp³-hybridized carbons (Fsp3) is 0.435. The second-order valence-electron chi connectivity index (χ2n) is 7.70. The highest BCUT2D eigenvalue weighted by atomic mass is 32.1. The summed E-state index contributed by atoms with van der Waals surface area (Å²) in [7, 11) is 1.60. The van der Waals surface area contributed by atoms with E-state index < -0.39 is 17.8 Å². The number of carbonyl (C=O) groups excluding carboxylic acids is 3. The number of nitrogens with one attached hydrogen (secondary N) is 2. The molecule has 1 aromatic carbocycles. The number of hydrogen-bond acceptors (Lipinski definition) is 5. The van der Waals surface area contributed by atoms with Crippen LogP contribution >= 0.6 is 11.3 Å². The molecule has 1 aliphatic heterocycles. The third-order valence-corrected chi connectivity index (χ3v) is 6.39. The van der Waals surface area contributed by atoms with Crippen LogP contribution in [0.15, 0.2) is 41.8 Å². The van der Waals surface area contributed by atoms with Gasteiger partial charge in [0, 0.05) is 38.9 Å². The van der Waals surface area contributed by atoms with Crippen LogP contribution in [-0.4, -0.2) is 62.0 Å². The second-order valence-corrected chi connectivity index (χ2v) is 8.65. The third-order valence-electron chi connectivity index (χ3n) is 5.53. The number of hydrogen-bond donors (Lipinski definition) is 2. The van der Waals surface area contributed by atoms with E-state index in [-0.39, 0.29) is 23.3 Å². The summed E-state index contributed by atoms with van der Waals surface area (Å²) in [5, 5.41) is 7.56. The van der Waals surface area contributed by atoms with Gasteiger partial charge in [-0.3, -0.25) is 14.4 Å². The van der Waals surface area contributed by atoms with Gasteiger partial charge in [-0.15, -0.1) is 11.3 Å². The molecule has 7 nitrogen and oxygen atoms in total. The van der Waals surface area contributed by atoms with E-state index in [1.54, 1.807) is 18.1 Å². The maximum atomic E-state index is 13.2. The molecule has 32 heavy (non-hydrogen) atoms. The highest BCUT2D eigenvalue weighted by Crippen LogP contribution is 2.24. The number of likely N-dealkylation sites (tertiary alicyclic amines) is 1. The van der Waals surface area contributed by atoms with E-state index in [0.29, 0.717) is 50.4 Å². The van der Waals surface area contributed by atoms with Crippen LogP contribution in [0, 0.1) is 11.7 Å². The minimum atomic E-state index is -0.742. The Morgan fingerprint density at radius 2 is 1.91 bits per heavy atom. The summed E-state index contributed by atoms with van der Waals surface area (Å²) in [5.41, 5.74) is 0.286. The Morgan fingerprint density at radius 1 is 1.19 bits per heavy atom. The molecule has 1 fully saturated rings. The summed E-state index contributed by atoms with van der Waals surface area (Å²) in [5.74, 6) is -1.25. The zero-order chi connectivity index (χ0) is 22.9. The average Bonchev–Trinajstić information content (AvgIpc) is 3.35. The summed E-state index contributed by atoms with van der Waals surface area (Å²) in [6, 6.07) is 8.11. The van der Waals surface area contributed by atoms with Gasteiger partial charge < -0.3 is 20.3 Å². The van der Waals surface area contributed by atoms with E-state index in [1.807, 2.05) is 11.4 Å². The van der Waals surface area contributed by atoms with Crippen LogP contribution in [0.1, 0.15) is 39.3 Å². The highest BCUT2D eigenvalue weighted by Gasteiger charge is 2.34. The number of amides is 3. The quantitative estimate of drug-likeness (QED) is 0.562. The van der Waals surface area contributed by atoms with Crippen molar-refractivity contribution in [2.24, 2.45) is 5.92 Å². The number of ether oxygens (including phenoxy) is 1. The molecule has 1 aromatic heterocycles. The summed E-state index contributed by atoms with van der Waals surface area (Å²) >= 11 is 1.41. The van der Waals surface area contributed by atoms with Gasteiger partial charge in [0.1, 0.15) is 11.9 Å². The maximum Gasteiger partial charge on any atom is 0.263 e. The van der Waals surface area contributed by atoms with Gasteiger partial charge in [0.05, 0.1) is 4.88 Å². The van der Waals surface area contributed by atoms with Crippen LogP contribution < -0.4 is 10.6 Å². The van der Waals surface area contributed by atoms with Crippen LogP contribution in [0.2, 0.25) is 0 Å². The minimum absolute atomic E-state index is 0.00522. The van der Waals surface area contributed by atoms with Crippen molar-refractivity contribution in [2.75, 3.05) is 33.4 Å². The Labute approximate surface area is 190 Å². The van der Waals surface area contributed by atoms with Gasteiger partial charge in [-0.1, -0.05) is 6.07 Å². The number of halogens is 1. The monoisotopic (exact) mass is 461 g/mol. The van der Waals surface area contributed by atoms with Crippen LogP contribution in [0.25, 0.3) is 0 Å². The van der Waals surface area contributed by atoms with Crippen molar-refractivity contribution in [1.82, 2.24) is 15.5 Å². The van der Waals surface area contributed by atoms with E-state index >= 15 is 0 Å². The number of rotatable bonds is 9. The van der Waals surface area contributed by atoms with Crippen molar-refractivity contribution < 1.29 is 23.5 Å². The molecular formula is C23H28FN3O4S. The first-order chi connectivity index (χ1) is 15.5. The van der Waals surface area contributed by atoms with Crippen molar-refractivity contribution in [3.63, 3.8) is 0 Å². The van der Waals surface area contributed by atoms with E-state index in [0.717, 1.165) is 0 Å². The molecule has 0 spiro atoms. The van der Waals surface area contributed by atoms with Gasteiger partial charge in [-0.2, -0.15) is 0 Å². The van der Waals surface area contributed by atoms with Gasteiger partial charge in [-0.25, -0.2) is 4.39 Å². The summed E-state index contributed by atoms with van der Waals surface area (Å²) < 4.78 is 18.2. The lowest BCUT2D eigenvalue weighted by Gasteiger charge is -2.35. The van der Waals surface area contributed by atoms with Gasteiger partial charge in [-0.05, 0) is 60.9 Å². The average molecular weight is 462 g/mol. The number of thiophene rings is 1. The van der Waals surface area contributed by atoms with Gasteiger partial charge in [0.25, 0.3) is 11.8 Å². The number of nitrogens with zero attached hydrogens (tertiary/aromatic N) is 1. The fourth-order valence-electron chi connectivity index (χ4n) is 3.75. The van der Waals surface area contributed by atoms with E-state index in [1.165, 1.54) is 35.6 Å². The number of methoxy groups -OCH3 is 1. The first-order valence-electron chi connectivity index (χ1n) is 10.7. The third kappa shape index (κ3) is 6.37. The SMILES string of the molecule is COCCCNC(=O)C(NC(=O)c1ccc(F)cc1)C1CCN(C(=O)c2cccs2)CC1. The molecule has 0 aliphatic carbocycles. The van der Waals surface area contributed by atoms with Gasteiger partial charge in [0.15, 0.2) is 0 Å².